The van der Waals surface area contributed by atoms with Crippen LogP contribution < -0.4 is 5.32 Å². The van der Waals surface area contributed by atoms with Crippen LogP contribution in [0.25, 0.3) is 10.8 Å². The number of carboxylic acid groups (broad SMARTS) is 1. The van der Waals surface area contributed by atoms with Crippen LogP contribution in [0, 0.1) is 5.92 Å². The number of carboxylic acids is 1. The summed E-state index contributed by atoms with van der Waals surface area (Å²) < 4.78 is 12.9. The number of benzene rings is 2. The van der Waals surface area contributed by atoms with Crippen molar-refractivity contribution in [3.8, 4) is 0 Å². The zero-order valence-corrected chi connectivity index (χ0v) is 18.8. The average Bonchev–Trinajstić information content (AvgIpc) is 2.81. The number of carbonyl (C=O) groups excluding carboxylic acids is 1. The molecule has 2 N–H and O–H groups in total. The third-order valence-corrected chi connectivity index (χ3v) is 6.60. The number of amides is 1. The molecule has 1 heterocycles. The average molecular weight is 454 g/mol. The Balaban J connectivity index is 1.86. The van der Waals surface area contributed by atoms with E-state index in [1.54, 1.807) is 6.07 Å². The van der Waals surface area contributed by atoms with E-state index in [1.807, 2.05) is 49.4 Å². The minimum Gasteiger partial charge on any atom is -0.609 e. The lowest BCUT2D eigenvalue weighted by atomic mass is 9.95. The van der Waals surface area contributed by atoms with Gasteiger partial charge in [-0.1, -0.05) is 62.2 Å². The minimum atomic E-state index is -1.60. The van der Waals surface area contributed by atoms with Crippen molar-refractivity contribution in [1.82, 2.24) is 15.3 Å². The van der Waals surface area contributed by atoms with Gasteiger partial charge < -0.3 is 15.0 Å². The van der Waals surface area contributed by atoms with Crippen molar-refractivity contribution in [3.05, 3.63) is 66.5 Å². The van der Waals surface area contributed by atoms with Crippen LogP contribution in [-0.2, 0) is 27.2 Å². The van der Waals surface area contributed by atoms with Gasteiger partial charge in [-0.3, -0.25) is 4.79 Å². The molecule has 3 atom stereocenters. The van der Waals surface area contributed by atoms with Crippen LogP contribution in [0.3, 0.4) is 0 Å². The fraction of sp³-hybridized carbons (Fsp3) is 0.333. The van der Waals surface area contributed by atoms with Gasteiger partial charge in [-0.25, -0.2) is 4.79 Å². The molecule has 8 heteroatoms. The summed E-state index contributed by atoms with van der Waals surface area (Å²) in [6.45, 7) is 1.97. The normalized spacial score (nSPS) is 13.9. The highest BCUT2D eigenvalue weighted by Crippen LogP contribution is 2.23. The Morgan fingerprint density at radius 3 is 2.53 bits per heavy atom. The Morgan fingerprint density at radius 2 is 1.81 bits per heavy atom. The number of aliphatic carboxylic acids is 1. The van der Waals surface area contributed by atoms with E-state index in [4.69, 9.17) is 0 Å². The van der Waals surface area contributed by atoms with Crippen LogP contribution in [0.5, 0.6) is 0 Å². The number of nitrogens with one attached hydrogen (secondary N) is 1. The lowest BCUT2D eigenvalue weighted by Gasteiger charge is -2.21. The molecule has 0 spiro atoms. The molecule has 1 aromatic heterocycles. The monoisotopic (exact) mass is 453 g/mol. The van der Waals surface area contributed by atoms with Crippen LogP contribution in [-0.4, -0.2) is 43.3 Å². The number of nitrogens with zero attached hydrogens (tertiary/aromatic N) is 2. The van der Waals surface area contributed by atoms with Crippen LogP contribution in [0.15, 0.2) is 66.1 Å². The van der Waals surface area contributed by atoms with Crippen molar-refractivity contribution in [2.24, 2.45) is 5.92 Å². The molecule has 168 valence electrons. The number of fused-ring (bicyclic) bond motifs is 1. The van der Waals surface area contributed by atoms with Gasteiger partial charge in [0.2, 0.25) is 5.91 Å². The molecule has 0 saturated heterocycles. The molecule has 0 aliphatic heterocycles. The van der Waals surface area contributed by atoms with Gasteiger partial charge in [0.25, 0.3) is 0 Å². The molecule has 0 fully saturated rings. The lowest BCUT2D eigenvalue weighted by Crippen LogP contribution is -2.45. The topological polar surface area (TPSA) is 115 Å². The maximum Gasteiger partial charge on any atom is 0.342 e. The molecule has 32 heavy (non-hydrogen) atoms. The summed E-state index contributed by atoms with van der Waals surface area (Å²) in [6.07, 6.45) is 5.20. The Labute approximate surface area is 190 Å². The molecule has 0 aliphatic rings. The minimum absolute atomic E-state index is 0.000809. The Morgan fingerprint density at radius 1 is 1.09 bits per heavy atom. The summed E-state index contributed by atoms with van der Waals surface area (Å²) in [5, 5.41) is 14.4. The molecule has 0 bridgehead atoms. The van der Waals surface area contributed by atoms with E-state index in [1.165, 1.54) is 12.4 Å². The summed E-state index contributed by atoms with van der Waals surface area (Å²) in [6, 6.07) is 14.4. The van der Waals surface area contributed by atoms with Crippen molar-refractivity contribution in [3.63, 3.8) is 0 Å². The molecule has 1 unspecified atom stereocenters. The molecule has 3 rings (SSSR count). The summed E-state index contributed by atoms with van der Waals surface area (Å²) in [5.74, 6) is -2.19. The second kappa shape index (κ2) is 11.6. The molecule has 0 aliphatic carbocycles. The van der Waals surface area contributed by atoms with Crippen LogP contribution in [0.4, 0.5) is 0 Å². The highest BCUT2D eigenvalue weighted by molar-refractivity contribution is 7.91. The molecule has 0 radical (unpaired) electrons. The summed E-state index contributed by atoms with van der Waals surface area (Å²) in [4.78, 5) is 32.9. The molecule has 0 saturated carbocycles. The van der Waals surface area contributed by atoms with E-state index in [2.05, 4.69) is 15.3 Å². The smallest absolute Gasteiger partial charge is 0.342 e. The molecule has 3 aromatic rings. The molecular weight excluding hydrogens is 426 g/mol. The number of hydrogen-bond acceptors (Lipinski definition) is 5. The predicted octanol–water partition coefficient (Wildman–Crippen LogP) is 3.36. The van der Waals surface area contributed by atoms with Crippen molar-refractivity contribution in [2.45, 2.75) is 43.8 Å². The number of hydrogen-bond donors (Lipinski definition) is 2. The van der Waals surface area contributed by atoms with E-state index < -0.39 is 35.0 Å². The molecule has 1 amide bonds. The number of unbranched alkanes of at least 4 members (excludes halogenated alkanes) is 1. The van der Waals surface area contributed by atoms with E-state index >= 15 is 0 Å². The first-order valence-electron chi connectivity index (χ1n) is 10.6. The quantitative estimate of drug-likeness (QED) is 0.340. The van der Waals surface area contributed by atoms with Gasteiger partial charge in [-0.15, -0.1) is 0 Å². The Bertz CT molecular complexity index is 1040. The zero-order chi connectivity index (χ0) is 22.9. The van der Waals surface area contributed by atoms with Gasteiger partial charge >= 0.3 is 11.1 Å². The third kappa shape index (κ3) is 6.27. The van der Waals surface area contributed by atoms with E-state index in [9.17, 15) is 19.2 Å². The number of rotatable bonds is 11. The van der Waals surface area contributed by atoms with Crippen LogP contribution >= 0.6 is 0 Å². The number of aromatic nitrogens is 2. The predicted molar refractivity (Wildman–Crippen MR) is 124 cm³/mol. The van der Waals surface area contributed by atoms with Crippen molar-refractivity contribution in [1.29, 1.82) is 0 Å². The largest absolute Gasteiger partial charge is 0.609 e. The highest BCUT2D eigenvalue weighted by atomic mass is 32.2. The van der Waals surface area contributed by atoms with E-state index in [-0.39, 0.29) is 10.9 Å². The number of carbonyl (C=O) groups is 2. The zero-order valence-electron chi connectivity index (χ0n) is 17.9. The van der Waals surface area contributed by atoms with Gasteiger partial charge in [-0.2, -0.15) is 9.97 Å². The Hall–Kier alpha value is -2.97. The first kappa shape index (κ1) is 23.7. The maximum absolute atomic E-state index is 13.2. The van der Waals surface area contributed by atoms with Crippen molar-refractivity contribution >= 4 is 33.8 Å². The summed E-state index contributed by atoms with van der Waals surface area (Å²) in [7, 11) is 0. The van der Waals surface area contributed by atoms with Gasteiger partial charge in [0.1, 0.15) is 11.8 Å². The fourth-order valence-electron chi connectivity index (χ4n) is 3.58. The van der Waals surface area contributed by atoms with Crippen molar-refractivity contribution in [2.75, 3.05) is 5.75 Å². The fourth-order valence-corrected chi connectivity index (χ4v) is 4.72. The SMILES string of the molecule is CCCC[C@H](NC(=O)[C@H](Cc1cccc2ccccc12)C[S+]([O-])c1ncccn1)C(=O)O. The molecular formula is C24H27N3O4S. The van der Waals surface area contributed by atoms with Gasteiger partial charge in [0.05, 0.1) is 5.92 Å². The lowest BCUT2D eigenvalue weighted by molar-refractivity contribution is -0.142. The van der Waals surface area contributed by atoms with Crippen LogP contribution in [0.1, 0.15) is 31.7 Å². The Kier molecular flexibility index (Phi) is 8.58. The van der Waals surface area contributed by atoms with Gasteiger partial charge in [0, 0.05) is 23.6 Å². The van der Waals surface area contributed by atoms with E-state index in [0.29, 0.717) is 19.3 Å². The second-order valence-corrected chi connectivity index (χ2v) is 9.01. The third-order valence-electron chi connectivity index (χ3n) is 5.28. The van der Waals surface area contributed by atoms with E-state index in [0.717, 1.165) is 22.8 Å². The highest BCUT2D eigenvalue weighted by Gasteiger charge is 2.31. The summed E-state index contributed by atoms with van der Waals surface area (Å²) in [5.41, 5.74) is 0.940. The first-order valence-corrected chi connectivity index (χ1v) is 12.0. The van der Waals surface area contributed by atoms with Crippen molar-refractivity contribution < 1.29 is 19.2 Å². The second-order valence-electron chi connectivity index (χ2n) is 7.62. The van der Waals surface area contributed by atoms with Gasteiger partial charge in [-0.05, 0) is 35.2 Å². The summed E-state index contributed by atoms with van der Waals surface area (Å²) >= 11 is -1.60. The van der Waals surface area contributed by atoms with Crippen LogP contribution in [0.2, 0.25) is 0 Å². The van der Waals surface area contributed by atoms with Gasteiger partial charge in [0.15, 0.2) is 0 Å². The standard InChI is InChI=1S/C24H27N3O4S/c1-2-3-12-21(23(29)30)27-22(28)19(16-32(31)24-25-13-7-14-26-24)15-18-10-6-9-17-8-4-5-11-20(17)18/h4-11,13-14,19,21H,2-3,12,15-16H2,1H3,(H,27,28)(H,29,30)/t19-,21+,32?/m1/s1. The molecule has 2 aromatic carbocycles. The maximum atomic E-state index is 13.2. The molecule has 7 nitrogen and oxygen atoms in total. The first-order chi connectivity index (χ1) is 15.5.